The van der Waals surface area contributed by atoms with Gasteiger partial charge in [-0.05, 0) is 12.1 Å². The summed E-state index contributed by atoms with van der Waals surface area (Å²) in [6, 6.07) is 5.46. The number of nitrogen functional groups attached to an aromatic ring is 1. The largest absolute Gasteiger partial charge is 0.495 e. The molecule has 0 atom stereocenters. The maximum absolute atomic E-state index is 8.81. The van der Waals surface area contributed by atoms with Crippen LogP contribution < -0.4 is 15.4 Å². The lowest BCUT2D eigenvalue weighted by Gasteiger charge is -2.20. The van der Waals surface area contributed by atoms with E-state index in [-0.39, 0.29) is 6.61 Å². The van der Waals surface area contributed by atoms with Gasteiger partial charge in [0.25, 0.3) is 0 Å². The molecule has 0 fully saturated rings. The molecule has 1 aromatic rings. The smallest absolute Gasteiger partial charge is 0.144 e. The zero-order valence-corrected chi connectivity index (χ0v) is 8.53. The first-order chi connectivity index (χ1) is 6.69. The molecule has 0 aliphatic rings. The third-order valence-corrected chi connectivity index (χ3v) is 2.05. The Bertz CT molecular complexity index is 302. The lowest BCUT2D eigenvalue weighted by atomic mass is 10.2. The maximum atomic E-state index is 8.81. The Morgan fingerprint density at radius 2 is 2.21 bits per heavy atom. The highest BCUT2D eigenvalue weighted by atomic mass is 16.5. The van der Waals surface area contributed by atoms with Gasteiger partial charge in [0.1, 0.15) is 5.75 Å². The number of likely N-dealkylation sites (N-methyl/N-ethyl adjacent to an activating group) is 1. The number of methoxy groups -OCH3 is 1. The monoisotopic (exact) mass is 196 g/mol. The molecule has 0 aliphatic heterocycles. The SMILES string of the molecule is COc1cc(N)ccc1N(C)CCO. The Labute approximate surface area is 83.9 Å². The quantitative estimate of drug-likeness (QED) is 0.696. The van der Waals surface area contributed by atoms with Crippen molar-refractivity contribution in [2.45, 2.75) is 0 Å². The first-order valence-electron chi connectivity index (χ1n) is 4.44. The van der Waals surface area contributed by atoms with Crippen molar-refractivity contribution in [3.05, 3.63) is 18.2 Å². The van der Waals surface area contributed by atoms with Crippen LogP contribution in [0.4, 0.5) is 11.4 Å². The first kappa shape index (κ1) is 10.7. The second kappa shape index (κ2) is 4.72. The first-order valence-corrected chi connectivity index (χ1v) is 4.44. The highest BCUT2D eigenvalue weighted by molar-refractivity contribution is 5.63. The van der Waals surface area contributed by atoms with Crippen molar-refractivity contribution in [3.8, 4) is 5.75 Å². The summed E-state index contributed by atoms with van der Waals surface area (Å²) >= 11 is 0. The summed E-state index contributed by atoms with van der Waals surface area (Å²) in [5, 5.41) is 8.81. The van der Waals surface area contributed by atoms with Gasteiger partial charge in [0.2, 0.25) is 0 Å². The molecule has 0 amide bonds. The molecule has 0 radical (unpaired) electrons. The number of hydrogen-bond donors (Lipinski definition) is 2. The number of nitrogens with two attached hydrogens (primary N) is 1. The maximum Gasteiger partial charge on any atom is 0.144 e. The van der Waals surface area contributed by atoms with Gasteiger partial charge in [-0.1, -0.05) is 0 Å². The lowest BCUT2D eigenvalue weighted by molar-refractivity contribution is 0.303. The Balaban J connectivity index is 2.95. The Morgan fingerprint density at radius 1 is 1.50 bits per heavy atom. The van der Waals surface area contributed by atoms with Crippen LogP contribution in [0.15, 0.2) is 18.2 Å². The van der Waals surface area contributed by atoms with Crippen molar-refractivity contribution in [3.63, 3.8) is 0 Å². The molecule has 78 valence electrons. The average Bonchev–Trinajstić information content (AvgIpc) is 2.17. The van der Waals surface area contributed by atoms with Gasteiger partial charge in [-0.15, -0.1) is 0 Å². The minimum Gasteiger partial charge on any atom is -0.495 e. The summed E-state index contributed by atoms with van der Waals surface area (Å²) in [6.45, 7) is 0.685. The summed E-state index contributed by atoms with van der Waals surface area (Å²) in [5.74, 6) is 0.723. The normalized spacial score (nSPS) is 9.93. The molecule has 1 rings (SSSR count). The van der Waals surface area contributed by atoms with Crippen LogP contribution in [0.3, 0.4) is 0 Å². The number of anilines is 2. The molecule has 0 aliphatic carbocycles. The van der Waals surface area contributed by atoms with E-state index in [1.54, 1.807) is 13.2 Å². The van der Waals surface area contributed by atoms with E-state index in [2.05, 4.69) is 0 Å². The van der Waals surface area contributed by atoms with Crippen LogP contribution in [0.5, 0.6) is 5.75 Å². The highest BCUT2D eigenvalue weighted by Gasteiger charge is 2.07. The zero-order chi connectivity index (χ0) is 10.6. The van der Waals surface area contributed by atoms with Crippen molar-refractivity contribution in [2.24, 2.45) is 0 Å². The number of ether oxygens (including phenoxy) is 1. The fraction of sp³-hybridized carbons (Fsp3) is 0.400. The van der Waals surface area contributed by atoms with Crippen LogP contribution in [0.25, 0.3) is 0 Å². The summed E-state index contributed by atoms with van der Waals surface area (Å²) in [6.07, 6.45) is 0. The van der Waals surface area contributed by atoms with Crippen LogP contribution in [0.2, 0.25) is 0 Å². The van der Waals surface area contributed by atoms with Gasteiger partial charge in [0, 0.05) is 25.3 Å². The molecule has 4 heteroatoms. The molecule has 0 saturated carbocycles. The Kier molecular flexibility index (Phi) is 3.59. The van der Waals surface area contributed by atoms with Crippen molar-refractivity contribution < 1.29 is 9.84 Å². The van der Waals surface area contributed by atoms with E-state index in [1.165, 1.54) is 0 Å². The highest BCUT2D eigenvalue weighted by Crippen LogP contribution is 2.29. The standard InChI is InChI=1S/C10H16N2O2/c1-12(5-6-13)9-4-3-8(11)7-10(9)14-2/h3-4,7,13H,5-6,11H2,1-2H3. The van der Waals surface area contributed by atoms with Gasteiger partial charge in [-0.3, -0.25) is 0 Å². The Morgan fingerprint density at radius 3 is 2.79 bits per heavy atom. The van der Waals surface area contributed by atoms with Crippen molar-refractivity contribution in [1.29, 1.82) is 0 Å². The van der Waals surface area contributed by atoms with E-state index < -0.39 is 0 Å². The van der Waals surface area contributed by atoms with Gasteiger partial charge < -0.3 is 20.5 Å². The van der Waals surface area contributed by atoms with Crippen molar-refractivity contribution in [2.75, 3.05) is 37.9 Å². The van der Waals surface area contributed by atoms with E-state index in [0.29, 0.717) is 12.2 Å². The van der Waals surface area contributed by atoms with Gasteiger partial charge in [-0.25, -0.2) is 0 Å². The topological polar surface area (TPSA) is 58.7 Å². The summed E-state index contributed by atoms with van der Waals surface area (Å²) in [5.41, 5.74) is 7.23. The summed E-state index contributed by atoms with van der Waals surface area (Å²) in [7, 11) is 3.50. The predicted octanol–water partition coefficient (Wildman–Crippen LogP) is 0.706. The van der Waals surface area contributed by atoms with Gasteiger partial charge in [-0.2, -0.15) is 0 Å². The van der Waals surface area contributed by atoms with Gasteiger partial charge in [0.05, 0.1) is 19.4 Å². The van der Waals surface area contributed by atoms with Gasteiger partial charge in [0.15, 0.2) is 0 Å². The van der Waals surface area contributed by atoms with E-state index >= 15 is 0 Å². The summed E-state index contributed by atoms with van der Waals surface area (Å²) < 4.78 is 5.19. The van der Waals surface area contributed by atoms with E-state index in [1.807, 2.05) is 24.1 Å². The molecular weight excluding hydrogens is 180 g/mol. The molecule has 0 saturated heterocycles. The second-order valence-corrected chi connectivity index (χ2v) is 3.08. The number of hydrogen-bond acceptors (Lipinski definition) is 4. The molecule has 0 bridgehead atoms. The minimum absolute atomic E-state index is 0.115. The van der Waals surface area contributed by atoms with Gasteiger partial charge >= 0.3 is 0 Å². The third kappa shape index (κ3) is 2.29. The van der Waals surface area contributed by atoms with E-state index in [4.69, 9.17) is 15.6 Å². The van der Waals surface area contributed by atoms with Crippen LogP contribution in [0, 0.1) is 0 Å². The van der Waals surface area contributed by atoms with Crippen molar-refractivity contribution >= 4 is 11.4 Å². The number of aliphatic hydroxyl groups excluding tert-OH is 1. The minimum atomic E-state index is 0.115. The number of rotatable bonds is 4. The number of benzene rings is 1. The fourth-order valence-corrected chi connectivity index (χ4v) is 1.28. The summed E-state index contributed by atoms with van der Waals surface area (Å²) in [4.78, 5) is 1.91. The average molecular weight is 196 g/mol. The molecular formula is C10H16N2O2. The molecule has 1 aromatic carbocycles. The molecule has 0 heterocycles. The molecule has 0 unspecified atom stereocenters. The Hall–Kier alpha value is -1.42. The van der Waals surface area contributed by atoms with Crippen LogP contribution in [-0.4, -0.2) is 32.4 Å². The van der Waals surface area contributed by atoms with Crippen LogP contribution in [0.1, 0.15) is 0 Å². The van der Waals surface area contributed by atoms with Crippen LogP contribution >= 0.6 is 0 Å². The molecule has 4 nitrogen and oxygen atoms in total. The number of nitrogens with zero attached hydrogens (tertiary/aromatic N) is 1. The third-order valence-electron chi connectivity index (χ3n) is 2.05. The second-order valence-electron chi connectivity index (χ2n) is 3.08. The van der Waals surface area contributed by atoms with E-state index in [0.717, 1.165) is 11.4 Å². The number of aliphatic hydroxyl groups is 1. The molecule has 14 heavy (non-hydrogen) atoms. The molecule has 0 spiro atoms. The van der Waals surface area contributed by atoms with Crippen molar-refractivity contribution in [1.82, 2.24) is 0 Å². The lowest BCUT2D eigenvalue weighted by Crippen LogP contribution is -2.21. The predicted molar refractivity (Wildman–Crippen MR) is 57.8 cm³/mol. The zero-order valence-electron chi connectivity index (χ0n) is 8.53. The van der Waals surface area contributed by atoms with Crippen LogP contribution in [-0.2, 0) is 0 Å². The fourth-order valence-electron chi connectivity index (χ4n) is 1.28. The molecule has 0 aromatic heterocycles. The van der Waals surface area contributed by atoms with E-state index in [9.17, 15) is 0 Å². The molecule has 3 N–H and O–H groups in total.